The largest absolute Gasteiger partial charge is 0.365 e. The Bertz CT molecular complexity index is 877. The summed E-state index contributed by atoms with van der Waals surface area (Å²) in [6.07, 6.45) is 1.31. The van der Waals surface area contributed by atoms with E-state index >= 15 is 0 Å². The number of nitriles is 1. The number of amides is 2. The van der Waals surface area contributed by atoms with Crippen LogP contribution in [0.2, 0.25) is 0 Å². The van der Waals surface area contributed by atoms with E-state index in [4.69, 9.17) is 11.0 Å². The van der Waals surface area contributed by atoms with E-state index in [0.29, 0.717) is 16.5 Å². The summed E-state index contributed by atoms with van der Waals surface area (Å²) in [6.45, 7) is 5.42. The van der Waals surface area contributed by atoms with Crippen LogP contribution in [0.5, 0.6) is 0 Å². The van der Waals surface area contributed by atoms with E-state index < -0.39 is 5.91 Å². The van der Waals surface area contributed by atoms with E-state index in [2.05, 4.69) is 4.98 Å². The Morgan fingerprint density at radius 2 is 2.04 bits per heavy atom. The molecule has 2 aromatic rings. The molecule has 0 radical (unpaired) electrons. The molecule has 0 aliphatic heterocycles. The molecule has 7 heteroatoms. The number of carbonyl (C=O) groups excluding carboxylic acids is 2. The van der Waals surface area contributed by atoms with Gasteiger partial charge in [0.2, 0.25) is 5.91 Å². The summed E-state index contributed by atoms with van der Waals surface area (Å²) in [7, 11) is 0. The highest BCUT2D eigenvalue weighted by Crippen LogP contribution is 2.30. The van der Waals surface area contributed by atoms with Crippen molar-refractivity contribution in [2.75, 3.05) is 4.90 Å². The predicted octanol–water partition coefficient (Wildman–Crippen LogP) is 2.84. The molecule has 1 heterocycles. The van der Waals surface area contributed by atoms with Crippen molar-refractivity contribution in [1.82, 2.24) is 4.98 Å². The molecule has 1 aromatic heterocycles. The fraction of sp³-hybridized carbons (Fsp3) is 0.176. The summed E-state index contributed by atoms with van der Waals surface area (Å²) in [5.41, 5.74) is 8.24. The van der Waals surface area contributed by atoms with Crippen molar-refractivity contribution in [1.29, 1.82) is 5.26 Å². The molecule has 2 rings (SSSR count). The zero-order chi connectivity index (χ0) is 17.9. The highest BCUT2D eigenvalue weighted by atomic mass is 32.1. The second kappa shape index (κ2) is 7.06. The van der Waals surface area contributed by atoms with Crippen LogP contribution in [0.1, 0.15) is 23.7 Å². The summed E-state index contributed by atoms with van der Waals surface area (Å²) in [6, 6.07) is 7.43. The number of hydrogen-bond acceptors (Lipinski definition) is 5. The Morgan fingerprint density at radius 3 is 2.58 bits per heavy atom. The standard InChI is InChI=1S/C17H16N4O2S/c1-10-4-5-15(6-11(10)2)21(12(3)22)17-20-14(9-24-17)7-13(8-18)16(19)23/h4-7,9H,1-3H3,(H2,19,23)/b13-7+. The molecule has 0 spiro atoms. The number of anilines is 2. The molecule has 0 bridgehead atoms. The lowest BCUT2D eigenvalue weighted by molar-refractivity contribution is -0.116. The smallest absolute Gasteiger partial charge is 0.259 e. The van der Waals surface area contributed by atoms with Gasteiger partial charge in [0, 0.05) is 12.3 Å². The topological polar surface area (TPSA) is 100 Å². The Hall–Kier alpha value is -2.98. The Morgan fingerprint density at radius 1 is 1.33 bits per heavy atom. The van der Waals surface area contributed by atoms with E-state index in [0.717, 1.165) is 11.1 Å². The molecule has 0 atom stereocenters. The molecule has 0 unspecified atom stereocenters. The molecule has 1 aromatic carbocycles. The van der Waals surface area contributed by atoms with Crippen LogP contribution in [-0.2, 0) is 9.59 Å². The number of thiazole rings is 1. The van der Waals surface area contributed by atoms with E-state index in [-0.39, 0.29) is 11.5 Å². The molecule has 2 amide bonds. The van der Waals surface area contributed by atoms with E-state index in [9.17, 15) is 9.59 Å². The first-order valence-electron chi connectivity index (χ1n) is 7.08. The zero-order valence-electron chi connectivity index (χ0n) is 13.5. The normalized spacial score (nSPS) is 11.0. The van der Waals surface area contributed by atoms with Crippen LogP contribution < -0.4 is 10.6 Å². The SMILES string of the molecule is CC(=O)N(c1ccc(C)c(C)c1)c1nc(/C=C(\C#N)C(N)=O)cs1. The monoisotopic (exact) mass is 340 g/mol. The molecular weight excluding hydrogens is 324 g/mol. The number of hydrogen-bond donors (Lipinski definition) is 1. The highest BCUT2D eigenvalue weighted by Gasteiger charge is 2.18. The first-order valence-corrected chi connectivity index (χ1v) is 7.96. The maximum atomic E-state index is 12.1. The average molecular weight is 340 g/mol. The van der Waals surface area contributed by atoms with Crippen molar-refractivity contribution in [3.8, 4) is 6.07 Å². The fourth-order valence-electron chi connectivity index (χ4n) is 2.04. The quantitative estimate of drug-likeness (QED) is 0.683. The van der Waals surface area contributed by atoms with Gasteiger partial charge in [-0.25, -0.2) is 4.98 Å². The molecular formula is C17H16N4O2S. The lowest BCUT2D eigenvalue weighted by Gasteiger charge is -2.19. The van der Waals surface area contributed by atoms with Crippen molar-refractivity contribution < 1.29 is 9.59 Å². The van der Waals surface area contributed by atoms with Gasteiger partial charge in [-0.2, -0.15) is 5.26 Å². The highest BCUT2D eigenvalue weighted by molar-refractivity contribution is 7.14. The van der Waals surface area contributed by atoms with Crippen LogP contribution in [0.3, 0.4) is 0 Å². The summed E-state index contributed by atoms with van der Waals surface area (Å²) in [5, 5.41) is 11.0. The summed E-state index contributed by atoms with van der Waals surface area (Å²) < 4.78 is 0. The van der Waals surface area contributed by atoms with Crippen LogP contribution in [0.15, 0.2) is 29.2 Å². The third-order valence-electron chi connectivity index (χ3n) is 3.44. The van der Waals surface area contributed by atoms with Gasteiger partial charge in [0.05, 0.1) is 11.4 Å². The maximum Gasteiger partial charge on any atom is 0.259 e. The summed E-state index contributed by atoms with van der Waals surface area (Å²) >= 11 is 1.24. The number of benzene rings is 1. The fourth-order valence-corrected chi connectivity index (χ4v) is 2.89. The van der Waals surface area contributed by atoms with E-state index in [1.54, 1.807) is 11.4 Å². The van der Waals surface area contributed by atoms with Gasteiger partial charge in [-0.05, 0) is 43.2 Å². The molecule has 122 valence electrons. The van der Waals surface area contributed by atoms with Gasteiger partial charge in [-0.1, -0.05) is 6.07 Å². The van der Waals surface area contributed by atoms with Gasteiger partial charge in [0.25, 0.3) is 5.91 Å². The van der Waals surface area contributed by atoms with Gasteiger partial charge in [0.1, 0.15) is 11.6 Å². The summed E-state index contributed by atoms with van der Waals surface area (Å²) in [4.78, 5) is 29.0. The minimum atomic E-state index is -0.815. The van der Waals surface area contributed by atoms with Crippen LogP contribution >= 0.6 is 11.3 Å². The van der Waals surface area contributed by atoms with Gasteiger partial charge < -0.3 is 5.73 Å². The number of aromatic nitrogens is 1. The van der Waals surface area contributed by atoms with Crippen molar-refractivity contribution in [2.45, 2.75) is 20.8 Å². The lowest BCUT2D eigenvalue weighted by Crippen LogP contribution is -2.22. The number of nitrogens with two attached hydrogens (primary N) is 1. The van der Waals surface area contributed by atoms with E-state index in [1.165, 1.54) is 29.2 Å². The van der Waals surface area contributed by atoms with Gasteiger partial charge in [0.15, 0.2) is 5.13 Å². The number of aryl methyl sites for hydroxylation is 2. The average Bonchev–Trinajstić information content (AvgIpc) is 2.96. The maximum absolute atomic E-state index is 12.1. The minimum absolute atomic E-state index is 0.182. The minimum Gasteiger partial charge on any atom is -0.365 e. The number of primary amides is 1. The third kappa shape index (κ3) is 3.67. The Labute approximate surface area is 143 Å². The van der Waals surface area contributed by atoms with Crippen LogP contribution in [0.4, 0.5) is 10.8 Å². The number of rotatable bonds is 4. The van der Waals surface area contributed by atoms with Crippen LogP contribution in [0, 0.1) is 25.2 Å². The molecule has 24 heavy (non-hydrogen) atoms. The molecule has 0 aliphatic carbocycles. The molecule has 0 saturated carbocycles. The second-order valence-electron chi connectivity index (χ2n) is 5.21. The van der Waals surface area contributed by atoms with Gasteiger partial charge >= 0.3 is 0 Å². The van der Waals surface area contributed by atoms with Crippen molar-refractivity contribution >= 4 is 40.0 Å². The van der Waals surface area contributed by atoms with Crippen LogP contribution in [0.25, 0.3) is 6.08 Å². The number of carbonyl (C=O) groups is 2. The van der Waals surface area contributed by atoms with Crippen molar-refractivity contribution in [3.05, 3.63) is 46.0 Å². The second-order valence-corrected chi connectivity index (χ2v) is 6.05. The molecule has 0 fully saturated rings. The van der Waals surface area contributed by atoms with Gasteiger partial charge in [-0.3, -0.25) is 14.5 Å². The first-order chi connectivity index (χ1) is 11.3. The van der Waals surface area contributed by atoms with E-state index in [1.807, 2.05) is 32.0 Å². The molecule has 6 nitrogen and oxygen atoms in total. The molecule has 0 saturated heterocycles. The first kappa shape index (κ1) is 17.4. The van der Waals surface area contributed by atoms with Gasteiger partial charge in [-0.15, -0.1) is 11.3 Å². The van der Waals surface area contributed by atoms with Crippen molar-refractivity contribution in [3.63, 3.8) is 0 Å². The summed E-state index contributed by atoms with van der Waals surface area (Å²) in [5.74, 6) is -0.997. The molecule has 2 N–H and O–H groups in total. The zero-order valence-corrected chi connectivity index (χ0v) is 14.3. The van der Waals surface area contributed by atoms with Crippen molar-refractivity contribution in [2.24, 2.45) is 5.73 Å². The Kier molecular flexibility index (Phi) is 5.11. The lowest BCUT2D eigenvalue weighted by atomic mass is 10.1. The number of nitrogens with zero attached hydrogens (tertiary/aromatic N) is 3. The molecule has 0 aliphatic rings. The Balaban J connectivity index is 2.44. The third-order valence-corrected chi connectivity index (χ3v) is 4.29. The van der Waals surface area contributed by atoms with Crippen LogP contribution in [-0.4, -0.2) is 16.8 Å². The predicted molar refractivity (Wildman–Crippen MR) is 93.6 cm³/mol.